The molecule has 2 N–H and O–H groups in total. The smallest absolute Gasteiger partial charge is 0.249 e. The molecule has 0 aromatic rings. The summed E-state index contributed by atoms with van der Waals surface area (Å²) in [6.45, 7) is 5.09. The Kier molecular flexibility index (Phi) is 5.05. The van der Waals surface area contributed by atoms with Gasteiger partial charge in [0.1, 0.15) is 6.10 Å². The van der Waals surface area contributed by atoms with Gasteiger partial charge in [0.2, 0.25) is 5.91 Å². The average molecular weight is 215 g/mol. The molecule has 0 aliphatic carbocycles. The topological polar surface area (TPSA) is 58.6 Å². The number of nitrogens with one attached hydrogen (secondary N) is 1. The molecule has 4 nitrogen and oxygen atoms in total. The van der Waals surface area contributed by atoms with Crippen LogP contribution in [0.25, 0.3) is 0 Å². The summed E-state index contributed by atoms with van der Waals surface area (Å²) >= 11 is 0. The van der Waals surface area contributed by atoms with Crippen LogP contribution in [0.1, 0.15) is 33.1 Å². The molecule has 4 heteroatoms. The van der Waals surface area contributed by atoms with Gasteiger partial charge in [0.25, 0.3) is 0 Å². The Morgan fingerprint density at radius 1 is 1.60 bits per heavy atom. The molecular weight excluding hydrogens is 194 g/mol. The van der Waals surface area contributed by atoms with Crippen LogP contribution in [0.2, 0.25) is 0 Å². The zero-order valence-corrected chi connectivity index (χ0v) is 9.53. The van der Waals surface area contributed by atoms with Gasteiger partial charge in [-0.3, -0.25) is 4.79 Å². The Morgan fingerprint density at radius 3 is 2.87 bits per heavy atom. The molecule has 0 radical (unpaired) electrons. The molecule has 1 rings (SSSR count). The number of aliphatic hydroxyl groups is 1. The van der Waals surface area contributed by atoms with E-state index >= 15 is 0 Å². The van der Waals surface area contributed by atoms with Crippen LogP contribution in [-0.2, 0) is 9.53 Å². The fourth-order valence-corrected chi connectivity index (χ4v) is 1.84. The average Bonchev–Trinajstić information content (AvgIpc) is 2.65. The Hall–Kier alpha value is -0.610. The van der Waals surface area contributed by atoms with Crippen LogP contribution in [-0.4, -0.2) is 36.4 Å². The Labute approximate surface area is 91.0 Å². The molecule has 1 aliphatic rings. The van der Waals surface area contributed by atoms with Crippen LogP contribution in [0.3, 0.4) is 0 Å². The van der Waals surface area contributed by atoms with Gasteiger partial charge in [-0.1, -0.05) is 6.92 Å². The molecule has 0 aromatic carbocycles. The maximum Gasteiger partial charge on any atom is 0.249 e. The van der Waals surface area contributed by atoms with E-state index in [2.05, 4.69) is 5.32 Å². The first-order valence-electron chi connectivity index (χ1n) is 5.67. The lowest BCUT2D eigenvalue weighted by atomic mass is 10.0. The number of amides is 1. The van der Waals surface area contributed by atoms with Crippen LogP contribution in [0.4, 0.5) is 0 Å². The van der Waals surface area contributed by atoms with Gasteiger partial charge in [0.15, 0.2) is 0 Å². The van der Waals surface area contributed by atoms with Gasteiger partial charge in [0, 0.05) is 13.2 Å². The standard InChI is InChI=1S/C11H21NO3/c1-8(6-9(2)13)7-12-11(14)10-4-3-5-15-10/h8-10,13H,3-7H2,1-2H3,(H,12,14). The quantitative estimate of drug-likeness (QED) is 0.709. The minimum absolute atomic E-state index is 0.00931. The van der Waals surface area contributed by atoms with Gasteiger partial charge in [-0.2, -0.15) is 0 Å². The van der Waals surface area contributed by atoms with Crippen LogP contribution in [0.15, 0.2) is 0 Å². The van der Waals surface area contributed by atoms with Crippen LogP contribution < -0.4 is 5.32 Å². The minimum Gasteiger partial charge on any atom is -0.393 e. The summed E-state index contributed by atoms with van der Waals surface area (Å²) < 4.78 is 5.27. The second-order valence-corrected chi connectivity index (χ2v) is 4.44. The number of rotatable bonds is 5. The molecule has 1 heterocycles. The number of hydrogen-bond acceptors (Lipinski definition) is 3. The largest absolute Gasteiger partial charge is 0.393 e. The van der Waals surface area contributed by atoms with Crippen molar-refractivity contribution >= 4 is 5.91 Å². The van der Waals surface area contributed by atoms with Gasteiger partial charge in [-0.05, 0) is 32.1 Å². The first-order valence-corrected chi connectivity index (χ1v) is 5.67. The van der Waals surface area contributed by atoms with E-state index in [0.29, 0.717) is 25.5 Å². The predicted octanol–water partition coefficient (Wildman–Crippen LogP) is 0.689. The SMILES string of the molecule is CC(O)CC(C)CNC(=O)C1CCCO1. The number of ether oxygens (including phenoxy) is 1. The second kappa shape index (κ2) is 6.08. The first-order chi connectivity index (χ1) is 7.09. The maximum absolute atomic E-state index is 11.5. The fraction of sp³-hybridized carbons (Fsp3) is 0.909. The molecule has 1 saturated heterocycles. The first kappa shape index (κ1) is 12.5. The minimum atomic E-state index is -0.306. The maximum atomic E-state index is 11.5. The molecule has 15 heavy (non-hydrogen) atoms. The molecule has 0 aromatic heterocycles. The van der Waals surface area contributed by atoms with Gasteiger partial charge in [0.05, 0.1) is 6.10 Å². The van der Waals surface area contributed by atoms with Crippen molar-refractivity contribution in [3.63, 3.8) is 0 Å². The number of hydrogen-bond donors (Lipinski definition) is 2. The fourth-order valence-electron chi connectivity index (χ4n) is 1.84. The van der Waals surface area contributed by atoms with E-state index in [1.165, 1.54) is 0 Å². The molecular formula is C11H21NO3. The highest BCUT2D eigenvalue weighted by molar-refractivity contribution is 5.80. The van der Waals surface area contributed by atoms with Crippen molar-refractivity contribution in [3.8, 4) is 0 Å². The summed E-state index contributed by atoms with van der Waals surface area (Å²) in [7, 11) is 0. The molecule has 0 spiro atoms. The van der Waals surface area contributed by atoms with Crippen molar-refractivity contribution in [2.24, 2.45) is 5.92 Å². The van der Waals surface area contributed by atoms with E-state index in [-0.39, 0.29) is 18.1 Å². The highest BCUT2D eigenvalue weighted by Gasteiger charge is 2.23. The molecule has 88 valence electrons. The summed E-state index contributed by atoms with van der Waals surface area (Å²) in [5, 5.41) is 12.0. The van der Waals surface area contributed by atoms with Crippen molar-refractivity contribution in [1.82, 2.24) is 5.32 Å². The van der Waals surface area contributed by atoms with Gasteiger partial charge < -0.3 is 15.2 Å². The zero-order valence-electron chi connectivity index (χ0n) is 9.53. The molecule has 1 amide bonds. The van der Waals surface area contributed by atoms with Crippen molar-refractivity contribution in [3.05, 3.63) is 0 Å². The van der Waals surface area contributed by atoms with E-state index in [0.717, 1.165) is 12.8 Å². The third-order valence-corrected chi connectivity index (χ3v) is 2.59. The van der Waals surface area contributed by atoms with Crippen LogP contribution in [0.5, 0.6) is 0 Å². The van der Waals surface area contributed by atoms with E-state index in [1.807, 2.05) is 6.92 Å². The molecule has 3 atom stereocenters. The highest BCUT2D eigenvalue weighted by Crippen LogP contribution is 2.12. The third kappa shape index (κ3) is 4.62. The number of carbonyl (C=O) groups is 1. The van der Waals surface area contributed by atoms with Gasteiger partial charge in [-0.25, -0.2) is 0 Å². The van der Waals surface area contributed by atoms with Crippen molar-refractivity contribution in [1.29, 1.82) is 0 Å². The van der Waals surface area contributed by atoms with E-state index < -0.39 is 0 Å². The second-order valence-electron chi connectivity index (χ2n) is 4.44. The van der Waals surface area contributed by atoms with Gasteiger partial charge >= 0.3 is 0 Å². The Balaban J connectivity index is 2.15. The normalized spacial score (nSPS) is 24.9. The zero-order chi connectivity index (χ0) is 11.3. The monoisotopic (exact) mass is 215 g/mol. The summed E-state index contributed by atoms with van der Waals surface area (Å²) in [6, 6.07) is 0. The van der Waals surface area contributed by atoms with E-state index in [9.17, 15) is 4.79 Å². The van der Waals surface area contributed by atoms with Crippen LogP contribution >= 0.6 is 0 Å². The lowest BCUT2D eigenvalue weighted by molar-refractivity contribution is -0.130. The molecule has 1 fully saturated rings. The predicted molar refractivity (Wildman–Crippen MR) is 57.4 cm³/mol. The summed E-state index contributed by atoms with van der Waals surface area (Å²) in [5.41, 5.74) is 0. The van der Waals surface area contributed by atoms with E-state index in [4.69, 9.17) is 9.84 Å². The summed E-state index contributed by atoms with van der Waals surface area (Å²) in [4.78, 5) is 11.5. The molecule has 0 bridgehead atoms. The third-order valence-electron chi connectivity index (χ3n) is 2.59. The lowest BCUT2D eigenvalue weighted by Gasteiger charge is -2.16. The van der Waals surface area contributed by atoms with Gasteiger partial charge in [-0.15, -0.1) is 0 Å². The summed E-state index contributed by atoms with van der Waals surface area (Å²) in [5.74, 6) is 0.292. The Morgan fingerprint density at radius 2 is 2.33 bits per heavy atom. The number of carbonyl (C=O) groups excluding carboxylic acids is 1. The molecule has 3 unspecified atom stereocenters. The lowest BCUT2D eigenvalue weighted by Crippen LogP contribution is -2.37. The Bertz CT molecular complexity index is 200. The van der Waals surface area contributed by atoms with Crippen LogP contribution in [0, 0.1) is 5.92 Å². The van der Waals surface area contributed by atoms with Crippen molar-refractivity contribution in [2.75, 3.05) is 13.2 Å². The molecule has 0 saturated carbocycles. The van der Waals surface area contributed by atoms with E-state index in [1.54, 1.807) is 6.92 Å². The summed E-state index contributed by atoms with van der Waals surface area (Å²) in [6.07, 6.45) is 1.97. The molecule has 1 aliphatic heterocycles. The van der Waals surface area contributed by atoms with Crippen molar-refractivity contribution < 1.29 is 14.6 Å². The van der Waals surface area contributed by atoms with Crippen molar-refractivity contribution in [2.45, 2.75) is 45.3 Å². The number of aliphatic hydroxyl groups excluding tert-OH is 1. The highest BCUT2D eigenvalue weighted by atomic mass is 16.5.